The average molecular weight is 357 g/mol. The number of rotatable bonds is 4. The summed E-state index contributed by atoms with van der Waals surface area (Å²) in [5.41, 5.74) is -0.0187. The molecule has 1 aliphatic heterocycles. The first-order valence-corrected chi connectivity index (χ1v) is 7.88. The van der Waals surface area contributed by atoms with Gasteiger partial charge in [0.15, 0.2) is 0 Å². The van der Waals surface area contributed by atoms with Crippen molar-refractivity contribution in [3.05, 3.63) is 34.1 Å². The first-order valence-electron chi connectivity index (χ1n) is 7.09. The highest BCUT2D eigenvalue weighted by atomic mass is 79.9. The highest BCUT2D eigenvalue weighted by Crippen LogP contribution is 2.15. The van der Waals surface area contributed by atoms with Gasteiger partial charge in [0.2, 0.25) is 5.91 Å². The summed E-state index contributed by atoms with van der Waals surface area (Å²) in [6.45, 7) is 1.82. The molecule has 2 amide bonds. The molecule has 1 saturated heterocycles. The van der Waals surface area contributed by atoms with Crippen molar-refractivity contribution in [2.75, 3.05) is 19.6 Å². The maximum absolute atomic E-state index is 13.5. The molecule has 6 heteroatoms. The molecule has 1 aromatic rings. The maximum atomic E-state index is 13.5. The van der Waals surface area contributed by atoms with E-state index < -0.39 is 11.7 Å². The van der Waals surface area contributed by atoms with E-state index in [-0.39, 0.29) is 24.4 Å². The van der Waals surface area contributed by atoms with E-state index >= 15 is 0 Å². The molecule has 0 unspecified atom stereocenters. The fraction of sp³-hybridized carbons (Fsp3) is 0.467. The van der Waals surface area contributed by atoms with Crippen LogP contribution in [0.2, 0.25) is 0 Å². The van der Waals surface area contributed by atoms with Crippen LogP contribution in [0, 0.1) is 5.82 Å². The topological polar surface area (TPSA) is 49.4 Å². The molecule has 0 spiro atoms. The third kappa shape index (κ3) is 4.52. The van der Waals surface area contributed by atoms with Crippen LogP contribution in [0.5, 0.6) is 0 Å². The number of carbonyl (C=O) groups excluding carboxylic acids is 2. The highest BCUT2D eigenvalue weighted by molar-refractivity contribution is 9.10. The molecule has 4 nitrogen and oxygen atoms in total. The molecule has 0 saturated carbocycles. The summed E-state index contributed by atoms with van der Waals surface area (Å²) < 4.78 is 14.2. The zero-order valence-electron chi connectivity index (χ0n) is 11.7. The summed E-state index contributed by atoms with van der Waals surface area (Å²) in [6.07, 6.45) is 3.51. The summed E-state index contributed by atoms with van der Waals surface area (Å²) in [5.74, 6) is -1.02. The molecule has 0 bridgehead atoms. The Labute approximate surface area is 131 Å². The lowest BCUT2D eigenvalue weighted by Gasteiger charge is -2.26. The minimum Gasteiger partial charge on any atom is -0.351 e. The number of nitrogens with zero attached hydrogens (tertiary/aromatic N) is 1. The zero-order valence-corrected chi connectivity index (χ0v) is 13.3. The van der Waals surface area contributed by atoms with Crippen LogP contribution in [0.4, 0.5) is 4.39 Å². The van der Waals surface area contributed by atoms with Crippen molar-refractivity contribution < 1.29 is 14.0 Å². The monoisotopic (exact) mass is 356 g/mol. The van der Waals surface area contributed by atoms with Crippen molar-refractivity contribution in [3.8, 4) is 0 Å². The SMILES string of the molecule is O=C(NCCC(=O)N1CCCCC1)c1cc(Br)ccc1F. The number of carbonyl (C=O) groups is 2. The quantitative estimate of drug-likeness (QED) is 0.901. The predicted molar refractivity (Wildman–Crippen MR) is 81.5 cm³/mol. The van der Waals surface area contributed by atoms with E-state index in [1.165, 1.54) is 24.6 Å². The Morgan fingerprint density at radius 1 is 1.24 bits per heavy atom. The van der Waals surface area contributed by atoms with Gasteiger partial charge in [-0.15, -0.1) is 0 Å². The van der Waals surface area contributed by atoms with Gasteiger partial charge in [0, 0.05) is 30.5 Å². The van der Waals surface area contributed by atoms with Crippen LogP contribution >= 0.6 is 15.9 Å². The molecule has 21 heavy (non-hydrogen) atoms. The molecule has 0 aromatic heterocycles. The Morgan fingerprint density at radius 3 is 2.67 bits per heavy atom. The molecule has 0 atom stereocenters. The molecule has 1 aliphatic rings. The van der Waals surface area contributed by atoms with Crippen molar-refractivity contribution >= 4 is 27.7 Å². The van der Waals surface area contributed by atoms with Crippen molar-refractivity contribution in [2.45, 2.75) is 25.7 Å². The van der Waals surface area contributed by atoms with Crippen LogP contribution in [-0.2, 0) is 4.79 Å². The lowest BCUT2D eigenvalue weighted by Crippen LogP contribution is -2.37. The molecular formula is C15H18BrFN2O2. The van der Waals surface area contributed by atoms with E-state index in [4.69, 9.17) is 0 Å². The van der Waals surface area contributed by atoms with Crippen LogP contribution in [0.25, 0.3) is 0 Å². The Balaban J connectivity index is 1.81. The minimum atomic E-state index is -0.571. The Hall–Kier alpha value is -1.43. The number of nitrogens with one attached hydrogen (secondary N) is 1. The van der Waals surface area contributed by atoms with E-state index in [1.807, 2.05) is 4.90 Å². The van der Waals surface area contributed by atoms with Gasteiger partial charge in [0.1, 0.15) is 5.82 Å². The number of hydrogen-bond acceptors (Lipinski definition) is 2. The van der Waals surface area contributed by atoms with Gasteiger partial charge in [0.25, 0.3) is 5.91 Å². The molecule has 1 aromatic carbocycles. The molecule has 1 fully saturated rings. The van der Waals surface area contributed by atoms with Crippen molar-refractivity contribution in [2.24, 2.45) is 0 Å². The summed E-state index contributed by atoms with van der Waals surface area (Å²) in [6, 6.07) is 4.20. The highest BCUT2D eigenvalue weighted by Gasteiger charge is 2.17. The lowest BCUT2D eigenvalue weighted by molar-refractivity contribution is -0.131. The Bertz CT molecular complexity index is 530. The van der Waals surface area contributed by atoms with Gasteiger partial charge >= 0.3 is 0 Å². The Morgan fingerprint density at radius 2 is 1.95 bits per heavy atom. The van der Waals surface area contributed by atoms with Crippen LogP contribution < -0.4 is 5.32 Å². The second-order valence-electron chi connectivity index (χ2n) is 5.07. The number of amides is 2. The molecule has 1 heterocycles. The van der Waals surface area contributed by atoms with E-state index in [9.17, 15) is 14.0 Å². The zero-order chi connectivity index (χ0) is 15.2. The third-order valence-corrected chi connectivity index (χ3v) is 4.00. The van der Waals surface area contributed by atoms with Crippen molar-refractivity contribution in [1.82, 2.24) is 10.2 Å². The standard InChI is InChI=1S/C15H18BrFN2O2/c16-11-4-5-13(17)12(10-11)15(21)18-7-6-14(20)19-8-2-1-3-9-19/h4-5,10H,1-3,6-9H2,(H,18,21). The van der Waals surface area contributed by atoms with Crippen LogP contribution in [0.15, 0.2) is 22.7 Å². The average Bonchev–Trinajstić information content (AvgIpc) is 2.50. The number of halogens is 2. The largest absolute Gasteiger partial charge is 0.351 e. The number of hydrogen-bond donors (Lipinski definition) is 1. The fourth-order valence-electron chi connectivity index (χ4n) is 2.35. The Kier molecular flexibility index (Phi) is 5.73. The number of benzene rings is 1. The van der Waals surface area contributed by atoms with Gasteiger partial charge in [0.05, 0.1) is 5.56 Å². The van der Waals surface area contributed by atoms with Gasteiger partial charge in [-0.3, -0.25) is 9.59 Å². The number of piperidine rings is 1. The third-order valence-electron chi connectivity index (χ3n) is 3.51. The maximum Gasteiger partial charge on any atom is 0.254 e. The van der Waals surface area contributed by atoms with Gasteiger partial charge in [-0.25, -0.2) is 4.39 Å². The second kappa shape index (κ2) is 7.54. The number of likely N-dealkylation sites (tertiary alicyclic amines) is 1. The lowest BCUT2D eigenvalue weighted by atomic mass is 10.1. The molecule has 1 N–H and O–H groups in total. The summed E-state index contributed by atoms with van der Waals surface area (Å²) in [4.78, 5) is 25.6. The molecular weight excluding hydrogens is 339 g/mol. The molecule has 0 radical (unpaired) electrons. The fourth-order valence-corrected chi connectivity index (χ4v) is 2.71. The van der Waals surface area contributed by atoms with Crippen LogP contribution in [0.1, 0.15) is 36.0 Å². The van der Waals surface area contributed by atoms with E-state index in [2.05, 4.69) is 21.2 Å². The van der Waals surface area contributed by atoms with Crippen molar-refractivity contribution in [1.29, 1.82) is 0 Å². The molecule has 2 rings (SSSR count). The minimum absolute atomic E-state index is 0.0187. The van der Waals surface area contributed by atoms with Crippen LogP contribution in [-0.4, -0.2) is 36.3 Å². The normalized spacial score (nSPS) is 14.9. The first-order chi connectivity index (χ1) is 10.1. The van der Waals surface area contributed by atoms with Crippen LogP contribution in [0.3, 0.4) is 0 Å². The first kappa shape index (κ1) is 15.9. The molecule has 114 valence electrons. The van der Waals surface area contributed by atoms with Gasteiger partial charge < -0.3 is 10.2 Å². The summed E-state index contributed by atoms with van der Waals surface area (Å²) >= 11 is 3.20. The van der Waals surface area contributed by atoms with Gasteiger partial charge in [-0.1, -0.05) is 15.9 Å². The van der Waals surface area contributed by atoms with Gasteiger partial charge in [-0.2, -0.15) is 0 Å². The van der Waals surface area contributed by atoms with E-state index in [0.29, 0.717) is 4.47 Å². The predicted octanol–water partition coefficient (Wildman–Crippen LogP) is 2.72. The van der Waals surface area contributed by atoms with E-state index in [1.54, 1.807) is 0 Å². The van der Waals surface area contributed by atoms with Gasteiger partial charge in [-0.05, 0) is 37.5 Å². The van der Waals surface area contributed by atoms with E-state index in [0.717, 1.165) is 25.9 Å². The summed E-state index contributed by atoms with van der Waals surface area (Å²) in [7, 11) is 0. The van der Waals surface area contributed by atoms with Crippen molar-refractivity contribution in [3.63, 3.8) is 0 Å². The smallest absolute Gasteiger partial charge is 0.254 e. The summed E-state index contributed by atoms with van der Waals surface area (Å²) in [5, 5.41) is 2.59. The second-order valence-corrected chi connectivity index (χ2v) is 5.99. The molecule has 0 aliphatic carbocycles.